The van der Waals surface area contributed by atoms with Gasteiger partial charge in [0.1, 0.15) is 23.7 Å². The van der Waals surface area contributed by atoms with Gasteiger partial charge in [0.05, 0.1) is 6.20 Å². The normalized spacial score (nSPS) is 19.1. The number of para-hydroxylation sites is 1. The van der Waals surface area contributed by atoms with Crippen molar-refractivity contribution < 1.29 is 14.3 Å². The van der Waals surface area contributed by atoms with Gasteiger partial charge in [-0.3, -0.25) is 14.7 Å². The number of likely N-dealkylation sites (tertiary alicyclic amines) is 1. The number of nitrogens with zero attached hydrogens (tertiary/aromatic N) is 3. The van der Waals surface area contributed by atoms with Gasteiger partial charge in [-0.05, 0) is 23.8 Å². The van der Waals surface area contributed by atoms with Gasteiger partial charge in [0.25, 0.3) is 0 Å². The number of carbonyl (C=O) groups is 1. The predicted molar refractivity (Wildman–Crippen MR) is 131 cm³/mol. The summed E-state index contributed by atoms with van der Waals surface area (Å²) in [6.45, 7) is 3.73. The Morgan fingerprint density at radius 1 is 1.00 bits per heavy atom. The third-order valence-corrected chi connectivity index (χ3v) is 6.60. The Morgan fingerprint density at radius 2 is 1.79 bits per heavy atom. The highest BCUT2D eigenvalue weighted by atomic mass is 16.5. The van der Waals surface area contributed by atoms with Gasteiger partial charge in [-0.2, -0.15) is 0 Å². The molecule has 2 aliphatic heterocycles. The van der Waals surface area contributed by atoms with Crippen LogP contribution in [0.1, 0.15) is 36.5 Å². The first-order valence-electron chi connectivity index (χ1n) is 12.1. The minimum Gasteiger partial charge on any atom is -0.489 e. The average Bonchev–Trinajstić information content (AvgIpc) is 3.08. The zero-order valence-electron chi connectivity index (χ0n) is 19.4. The van der Waals surface area contributed by atoms with E-state index in [9.17, 15) is 4.79 Å². The number of amides is 1. The summed E-state index contributed by atoms with van der Waals surface area (Å²) in [6, 6.07) is 22.4. The maximum absolute atomic E-state index is 13.0. The van der Waals surface area contributed by atoms with E-state index in [1.165, 1.54) is 5.56 Å². The van der Waals surface area contributed by atoms with Crippen LogP contribution in [0, 0.1) is 0 Å². The Labute approximate surface area is 201 Å². The van der Waals surface area contributed by atoms with Crippen molar-refractivity contribution in [1.82, 2.24) is 14.8 Å². The molecule has 0 spiro atoms. The summed E-state index contributed by atoms with van der Waals surface area (Å²) in [6.07, 6.45) is 5.77. The summed E-state index contributed by atoms with van der Waals surface area (Å²) in [5.74, 6) is 1.94. The number of fused-ring (bicyclic) bond motifs is 1. The smallest absolute Gasteiger partial charge is 0.223 e. The van der Waals surface area contributed by atoms with Gasteiger partial charge in [-0.15, -0.1) is 0 Å². The van der Waals surface area contributed by atoms with Gasteiger partial charge in [-0.25, -0.2) is 0 Å². The molecule has 34 heavy (non-hydrogen) atoms. The monoisotopic (exact) mass is 457 g/mol. The fraction of sp³-hybridized carbons (Fsp3) is 0.357. The molecule has 0 bridgehead atoms. The van der Waals surface area contributed by atoms with Crippen molar-refractivity contribution in [2.75, 3.05) is 26.2 Å². The molecule has 1 aromatic heterocycles. The third kappa shape index (κ3) is 5.57. The minimum atomic E-state index is -0.0553. The van der Waals surface area contributed by atoms with Gasteiger partial charge in [-0.1, -0.05) is 48.5 Å². The maximum atomic E-state index is 13.0. The van der Waals surface area contributed by atoms with Gasteiger partial charge in [0, 0.05) is 63.7 Å². The molecule has 2 aromatic carbocycles. The van der Waals surface area contributed by atoms with E-state index in [0.717, 1.165) is 56.1 Å². The summed E-state index contributed by atoms with van der Waals surface area (Å²) in [5.41, 5.74) is 2.33. The number of rotatable bonds is 6. The second-order valence-electron chi connectivity index (χ2n) is 9.00. The molecule has 3 heterocycles. The Hall–Kier alpha value is -3.38. The first-order valence-corrected chi connectivity index (χ1v) is 12.1. The van der Waals surface area contributed by atoms with E-state index in [0.29, 0.717) is 13.0 Å². The number of aromatic nitrogens is 1. The number of carbonyl (C=O) groups excluding carboxylic acids is 1. The lowest BCUT2D eigenvalue weighted by Gasteiger charge is -2.33. The van der Waals surface area contributed by atoms with E-state index >= 15 is 0 Å². The Balaban J connectivity index is 1.17. The molecule has 6 heteroatoms. The second-order valence-corrected chi connectivity index (χ2v) is 9.00. The molecule has 1 atom stereocenters. The molecule has 3 aromatic rings. The van der Waals surface area contributed by atoms with Crippen molar-refractivity contribution in [3.8, 4) is 11.5 Å². The highest BCUT2D eigenvalue weighted by Crippen LogP contribution is 2.31. The van der Waals surface area contributed by atoms with Crippen LogP contribution in [0.3, 0.4) is 0 Å². The highest BCUT2D eigenvalue weighted by Gasteiger charge is 2.27. The molecule has 0 aliphatic carbocycles. The number of hydrogen-bond acceptors (Lipinski definition) is 5. The standard InChI is InChI=1S/C28H31N3O3/c32-28(31-17-12-24(13-18-31)33-25-10-6-15-29-19-25)14-16-30-20-23-9-4-5-11-26(23)34-27(21-30)22-7-2-1-3-8-22/h1-11,15,19,24,27H,12-14,16-18,20-21H2/t27-/m1/s1. The maximum Gasteiger partial charge on any atom is 0.223 e. The van der Waals surface area contributed by atoms with Crippen LogP contribution in [0.2, 0.25) is 0 Å². The SMILES string of the molecule is O=C(CCN1Cc2ccccc2O[C@@H](c2ccccc2)C1)N1CCC(Oc2cccnc2)CC1. The van der Waals surface area contributed by atoms with Crippen molar-refractivity contribution >= 4 is 5.91 Å². The highest BCUT2D eigenvalue weighted by molar-refractivity contribution is 5.76. The second kappa shape index (κ2) is 10.7. The molecule has 176 valence electrons. The number of ether oxygens (including phenoxy) is 2. The van der Waals surface area contributed by atoms with E-state index in [1.54, 1.807) is 12.4 Å². The van der Waals surface area contributed by atoms with E-state index in [2.05, 4.69) is 28.1 Å². The van der Waals surface area contributed by atoms with Crippen molar-refractivity contribution in [2.24, 2.45) is 0 Å². The van der Waals surface area contributed by atoms with Crippen molar-refractivity contribution in [3.63, 3.8) is 0 Å². The quantitative estimate of drug-likeness (QED) is 0.546. The van der Waals surface area contributed by atoms with Gasteiger partial charge in [0.2, 0.25) is 5.91 Å². The van der Waals surface area contributed by atoms with E-state index in [-0.39, 0.29) is 18.1 Å². The first-order chi connectivity index (χ1) is 16.7. The third-order valence-electron chi connectivity index (χ3n) is 6.60. The Bertz CT molecular complexity index is 1070. The lowest BCUT2D eigenvalue weighted by molar-refractivity contribution is -0.133. The molecule has 5 rings (SSSR count). The molecule has 2 aliphatic rings. The molecule has 1 amide bonds. The lowest BCUT2D eigenvalue weighted by Crippen LogP contribution is -2.43. The van der Waals surface area contributed by atoms with Gasteiger partial charge in [0.15, 0.2) is 0 Å². The largest absolute Gasteiger partial charge is 0.489 e. The summed E-state index contributed by atoms with van der Waals surface area (Å²) in [5, 5.41) is 0. The summed E-state index contributed by atoms with van der Waals surface area (Å²) in [7, 11) is 0. The van der Waals surface area contributed by atoms with Crippen LogP contribution in [-0.2, 0) is 11.3 Å². The topological polar surface area (TPSA) is 54.9 Å². The predicted octanol–water partition coefficient (Wildman–Crippen LogP) is 4.48. The van der Waals surface area contributed by atoms with Gasteiger partial charge >= 0.3 is 0 Å². The molecule has 6 nitrogen and oxygen atoms in total. The van der Waals surface area contributed by atoms with Crippen molar-refractivity contribution in [1.29, 1.82) is 0 Å². The van der Waals surface area contributed by atoms with E-state index in [1.807, 2.05) is 53.4 Å². The van der Waals surface area contributed by atoms with Crippen LogP contribution < -0.4 is 9.47 Å². The van der Waals surface area contributed by atoms with Gasteiger partial charge < -0.3 is 14.4 Å². The minimum absolute atomic E-state index is 0.0553. The van der Waals surface area contributed by atoms with Crippen LogP contribution >= 0.6 is 0 Å². The van der Waals surface area contributed by atoms with Crippen molar-refractivity contribution in [3.05, 3.63) is 90.3 Å². The fourth-order valence-electron chi connectivity index (χ4n) is 4.74. The molecule has 0 radical (unpaired) electrons. The first kappa shape index (κ1) is 22.4. The molecule has 1 fully saturated rings. The summed E-state index contributed by atoms with van der Waals surface area (Å²) >= 11 is 0. The Kier molecular flexibility index (Phi) is 7.05. The molecule has 1 saturated heterocycles. The summed E-state index contributed by atoms with van der Waals surface area (Å²) in [4.78, 5) is 21.4. The summed E-state index contributed by atoms with van der Waals surface area (Å²) < 4.78 is 12.4. The number of benzene rings is 2. The van der Waals surface area contributed by atoms with Crippen molar-refractivity contribution in [2.45, 2.75) is 38.0 Å². The average molecular weight is 458 g/mol. The number of piperidine rings is 1. The fourth-order valence-corrected chi connectivity index (χ4v) is 4.74. The zero-order valence-corrected chi connectivity index (χ0v) is 19.4. The van der Waals surface area contributed by atoms with Crippen LogP contribution in [0.4, 0.5) is 0 Å². The number of hydrogen-bond donors (Lipinski definition) is 0. The molecular weight excluding hydrogens is 426 g/mol. The molecule has 0 unspecified atom stereocenters. The van der Waals surface area contributed by atoms with Crippen LogP contribution in [-0.4, -0.2) is 53.0 Å². The number of pyridine rings is 1. The Morgan fingerprint density at radius 3 is 2.59 bits per heavy atom. The van der Waals surface area contributed by atoms with Crippen LogP contribution in [0.5, 0.6) is 11.5 Å². The molecular formula is C28H31N3O3. The van der Waals surface area contributed by atoms with Crippen LogP contribution in [0.15, 0.2) is 79.1 Å². The zero-order chi connectivity index (χ0) is 23.2. The van der Waals surface area contributed by atoms with E-state index in [4.69, 9.17) is 9.47 Å². The van der Waals surface area contributed by atoms with E-state index < -0.39 is 0 Å². The lowest BCUT2D eigenvalue weighted by atomic mass is 10.1. The molecule has 0 N–H and O–H groups in total. The molecule has 0 saturated carbocycles. The van der Waals surface area contributed by atoms with Crippen LogP contribution in [0.25, 0.3) is 0 Å².